The van der Waals surface area contributed by atoms with Gasteiger partial charge >= 0.3 is 0 Å². The fourth-order valence-corrected chi connectivity index (χ4v) is 6.24. The molecule has 38 heavy (non-hydrogen) atoms. The topological polar surface area (TPSA) is 3.24 Å². The molecule has 7 rings (SSSR count). The molecule has 0 amide bonds. The number of hydrogen-bond donors (Lipinski definition) is 0. The van der Waals surface area contributed by atoms with Gasteiger partial charge in [-0.15, -0.1) is 11.3 Å². The van der Waals surface area contributed by atoms with Crippen LogP contribution in [0.2, 0.25) is 0 Å². The van der Waals surface area contributed by atoms with Crippen LogP contribution in [0.3, 0.4) is 0 Å². The molecule has 0 aliphatic carbocycles. The molecule has 0 aliphatic rings. The van der Waals surface area contributed by atoms with Crippen molar-refractivity contribution in [2.75, 3.05) is 4.90 Å². The third-order valence-corrected chi connectivity index (χ3v) is 8.07. The number of benzene rings is 6. The van der Waals surface area contributed by atoms with Gasteiger partial charge in [0.2, 0.25) is 0 Å². The lowest BCUT2D eigenvalue weighted by atomic mass is 9.91. The largest absolute Gasteiger partial charge is 0.310 e. The minimum absolute atomic E-state index is 1.14. The predicted molar refractivity (Wildman–Crippen MR) is 165 cm³/mol. The second-order valence-corrected chi connectivity index (χ2v) is 10.3. The Balaban J connectivity index is 1.47. The Morgan fingerprint density at radius 2 is 0.842 bits per heavy atom. The lowest BCUT2D eigenvalue weighted by Crippen LogP contribution is -2.10. The van der Waals surface area contributed by atoms with Crippen LogP contribution in [0.5, 0.6) is 0 Å². The van der Waals surface area contributed by atoms with Crippen LogP contribution in [0.25, 0.3) is 43.1 Å². The number of nitrogens with zero attached hydrogens (tertiary/aromatic N) is 1. The molecule has 0 saturated heterocycles. The maximum atomic E-state index is 2.35. The predicted octanol–water partition coefficient (Wildman–Crippen LogP) is 10.9. The Kier molecular flexibility index (Phi) is 5.73. The number of para-hydroxylation sites is 2. The summed E-state index contributed by atoms with van der Waals surface area (Å²) < 4.78 is 0. The molecule has 0 fully saturated rings. The molecule has 2 heteroatoms. The summed E-state index contributed by atoms with van der Waals surface area (Å²) in [7, 11) is 0. The lowest BCUT2D eigenvalue weighted by molar-refractivity contribution is 1.30. The van der Waals surface area contributed by atoms with Crippen molar-refractivity contribution in [2.24, 2.45) is 0 Å². The van der Waals surface area contributed by atoms with Gasteiger partial charge in [-0.1, -0.05) is 109 Å². The molecule has 1 aromatic heterocycles. The molecule has 1 nitrogen and oxygen atoms in total. The zero-order valence-corrected chi connectivity index (χ0v) is 21.6. The van der Waals surface area contributed by atoms with Gasteiger partial charge in [-0.25, -0.2) is 0 Å². The molecule has 6 aromatic carbocycles. The summed E-state index contributed by atoms with van der Waals surface area (Å²) in [4.78, 5) is 3.65. The van der Waals surface area contributed by atoms with Crippen molar-refractivity contribution < 1.29 is 0 Å². The highest BCUT2D eigenvalue weighted by atomic mass is 32.1. The quantitative estimate of drug-likeness (QED) is 0.226. The van der Waals surface area contributed by atoms with Gasteiger partial charge in [0.05, 0.1) is 5.69 Å². The van der Waals surface area contributed by atoms with E-state index in [4.69, 9.17) is 0 Å². The monoisotopic (exact) mass is 503 g/mol. The molecule has 0 radical (unpaired) electrons. The summed E-state index contributed by atoms with van der Waals surface area (Å²) in [6.45, 7) is 0. The minimum atomic E-state index is 1.14. The van der Waals surface area contributed by atoms with Crippen LogP contribution in [0, 0.1) is 0 Å². The van der Waals surface area contributed by atoms with Gasteiger partial charge in [0, 0.05) is 21.6 Å². The van der Waals surface area contributed by atoms with Crippen LogP contribution >= 0.6 is 11.3 Å². The molecule has 0 atom stereocenters. The van der Waals surface area contributed by atoms with Crippen molar-refractivity contribution in [3.63, 3.8) is 0 Å². The van der Waals surface area contributed by atoms with Gasteiger partial charge in [-0.3, -0.25) is 0 Å². The van der Waals surface area contributed by atoms with Crippen LogP contribution < -0.4 is 4.90 Å². The Hall–Kier alpha value is -4.66. The van der Waals surface area contributed by atoms with E-state index in [1.807, 2.05) is 0 Å². The van der Waals surface area contributed by atoms with Gasteiger partial charge in [0.25, 0.3) is 0 Å². The third kappa shape index (κ3) is 3.87. The summed E-state index contributed by atoms with van der Waals surface area (Å²) in [5.41, 5.74) is 7.25. The fourth-order valence-electron chi connectivity index (χ4n) is 5.48. The Morgan fingerprint density at radius 3 is 1.42 bits per heavy atom. The Bertz CT molecular complexity index is 1820. The Labute approximate surface area is 226 Å². The molecule has 0 bridgehead atoms. The number of hydrogen-bond acceptors (Lipinski definition) is 2. The van der Waals surface area contributed by atoms with E-state index < -0.39 is 0 Å². The molecular formula is C36H25NS. The van der Waals surface area contributed by atoms with Crippen molar-refractivity contribution >= 4 is 49.9 Å². The zero-order chi connectivity index (χ0) is 25.3. The maximum Gasteiger partial charge on any atom is 0.0540 e. The maximum absolute atomic E-state index is 2.35. The van der Waals surface area contributed by atoms with Gasteiger partial charge in [-0.05, 0) is 74.6 Å². The molecular weight excluding hydrogens is 478 g/mol. The van der Waals surface area contributed by atoms with E-state index in [2.05, 4.69) is 156 Å². The van der Waals surface area contributed by atoms with Crippen LogP contribution in [-0.2, 0) is 0 Å². The van der Waals surface area contributed by atoms with Gasteiger partial charge in [0.1, 0.15) is 0 Å². The summed E-state index contributed by atoms with van der Waals surface area (Å²) >= 11 is 1.79. The average Bonchev–Trinajstić information content (AvgIpc) is 3.53. The molecule has 7 aromatic rings. The van der Waals surface area contributed by atoms with E-state index in [0.717, 1.165) is 11.4 Å². The highest BCUT2D eigenvalue weighted by Crippen LogP contribution is 2.44. The van der Waals surface area contributed by atoms with Gasteiger partial charge in [0.15, 0.2) is 0 Å². The first-order valence-corrected chi connectivity index (χ1v) is 13.7. The van der Waals surface area contributed by atoms with Crippen LogP contribution in [0.1, 0.15) is 0 Å². The first-order chi connectivity index (χ1) is 18.9. The van der Waals surface area contributed by atoms with Crippen molar-refractivity contribution in [3.05, 3.63) is 151 Å². The SMILES string of the molecule is c1ccc(N(c2ccccc2)c2ccc(-c3ccc(-c4cccs4)c4ccccc34)c3ccccc23)cc1. The molecule has 0 unspecified atom stereocenters. The van der Waals surface area contributed by atoms with Crippen molar-refractivity contribution in [3.8, 4) is 21.6 Å². The van der Waals surface area contributed by atoms with E-state index in [9.17, 15) is 0 Å². The van der Waals surface area contributed by atoms with Crippen LogP contribution in [0.15, 0.2) is 151 Å². The zero-order valence-electron chi connectivity index (χ0n) is 20.8. The van der Waals surface area contributed by atoms with Gasteiger partial charge < -0.3 is 4.90 Å². The third-order valence-electron chi connectivity index (χ3n) is 7.17. The van der Waals surface area contributed by atoms with E-state index in [1.165, 1.54) is 48.8 Å². The number of fused-ring (bicyclic) bond motifs is 2. The number of anilines is 3. The van der Waals surface area contributed by atoms with Crippen molar-refractivity contribution in [1.82, 2.24) is 0 Å². The standard InChI is InChI=1S/C36H25NS/c1-3-12-26(13-4-1)37(27-14-5-2-6-15-27)35-24-23-32(29-17-9-10-19-33(29)35)31-21-22-34(36-20-11-25-38-36)30-18-8-7-16-28(30)31/h1-25H. The van der Waals surface area contributed by atoms with E-state index in [0.29, 0.717) is 0 Å². The Morgan fingerprint density at radius 1 is 0.368 bits per heavy atom. The number of thiophene rings is 1. The van der Waals surface area contributed by atoms with Crippen molar-refractivity contribution in [1.29, 1.82) is 0 Å². The first-order valence-electron chi connectivity index (χ1n) is 12.9. The second kappa shape index (κ2) is 9.66. The highest BCUT2D eigenvalue weighted by molar-refractivity contribution is 7.13. The molecule has 0 spiro atoms. The van der Waals surface area contributed by atoms with Gasteiger partial charge in [-0.2, -0.15) is 0 Å². The first kappa shape index (κ1) is 22.5. The van der Waals surface area contributed by atoms with Crippen LogP contribution in [-0.4, -0.2) is 0 Å². The summed E-state index contributed by atoms with van der Waals surface area (Å²) in [6.07, 6.45) is 0. The summed E-state index contributed by atoms with van der Waals surface area (Å²) in [6, 6.07) is 52.3. The fraction of sp³-hybridized carbons (Fsp3) is 0. The average molecular weight is 504 g/mol. The van der Waals surface area contributed by atoms with E-state index in [1.54, 1.807) is 11.3 Å². The van der Waals surface area contributed by atoms with Crippen LogP contribution in [0.4, 0.5) is 17.1 Å². The molecule has 1 heterocycles. The molecule has 180 valence electrons. The summed E-state index contributed by atoms with van der Waals surface area (Å²) in [5, 5.41) is 7.19. The molecule has 0 saturated carbocycles. The summed E-state index contributed by atoms with van der Waals surface area (Å²) in [5.74, 6) is 0. The van der Waals surface area contributed by atoms with E-state index >= 15 is 0 Å². The number of rotatable bonds is 5. The molecule has 0 N–H and O–H groups in total. The normalized spacial score (nSPS) is 11.2. The minimum Gasteiger partial charge on any atom is -0.310 e. The second-order valence-electron chi connectivity index (χ2n) is 9.37. The lowest BCUT2D eigenvalue weighted by Gasteiger charge is -2.27. The van der Waals surface area contributed by atoms with Crippen molar-refractivity contribution in [2.45, 2.75) is 0 Å². The highest BCUT2D eigenvalue weighted by Gasteiger charge is 2.18. The molecule has 0 aliphatic heterocycles. The smallest absolute Gasteiger partial charge is 0.0540 e. The van der Waals surface area contributed by atoms with E-state index in [-0.39, 0.29) is 0 Å².